The topological polar surface area (TPSA) is 66.8 Å². The van der Waals surface area contributed by atoms with Crippen LogP contribution in [0, 0.1) is 23.7 Å². The summed E-state index contributed by atoms with van der Waals surface area (Å²) in [5.74, 6) is 11.1. The van der Waals surface area contributed by atoms with Gasteiger partial charge < -0.3 is 14.9 Å². The van der Waals surface area contributed by atoms with Crippen molar-refractivity contribution in [1.29, 1.82) is 0 Å². The molecule has 2 unspecified atom stereocenters. The number of carbonyl (C=O) groups is 1. The highest BCUT2D eigenvalue weighted by atomic mass is 16.5. The average molecular weight is 370 g/mol. The third-order valence-electron chi connectivity index (χ3n) is 3.25. The molecule has 0 aromatic rings. The van der Waals surface area contributed by atoms with Crippen LogP contribution in [-0.4, -0.2) is 35.5 Å². The Labute approximate surface area is 163 Å². The van der Waals surface area contributed by atoms with Crippen LogP contribution in [0.1, 0.15) is 45.4 Å². The Kier molecular flexibility index (Phi) is 16.6. The van der Waals surface area contributed by atoms with Crippen molar-refractivity contribution in [2.24, 2.45) is 0 Å². The van der Waals surface area contributed by atoms with E-state index in [2.05, 4.69) is 28.4 Å². The van der Waals surface area contributed by atoms with Gasteiger partial charge in [-0.2, -0.15) is 0 Å². The zero-order chi connectivity index (χ0) is 20.2. The second-order valence-corrected chi connectivity index (χ2v) is 5.61. The molecule has 0 aromatic carbocycles. The van der Waals surface area contributed by atoms with Crippen molar-refractivity contribution in [3.8, 4) is 23.7 Å². The Balaban J connectivity index is 3.96. The van der Waals surface area contributed by atoms with E-state index in [0.29, 0.717) is 32.1 Å². The first-order valence-corrected chi connectivity index (χ1v) is 9.13. The lowest BCUT2D eigenvalue weighted by atomic mass is 10.2. The lowest BCUT2D eigenvalue weighted by molar-refractivity contribution is -0.140. The van der Waals surface area contributed by atoms with Crippen molar-refractivity contribution >= 4 is 5.97 Å². The standard InChI is InChI=1S/C23H30O4/c1-3-4-11-16-21(24)17-12-8-6-5-7-9-13-18-22(25)19-14-10-15-20-23(26)27-2/h4,10-14,17-18,21-22,24-25H,3,5,15-16,19-20H2,1-2H3/b11-4+,14-10+,17-12+,18-13+. The van der Waals surface area contributed by atoms with Crippen LogP contribution < -0.4 is 0 Å². The lowest BCUT2D eigenvalue weighted by Gasteiger charge is -1.99. The van der Waals surface area contributed by atoms with Gasteiger partial charge in [0, 0.05) is 6.42 Å². The van der Waals surface area contributed by atoms with Gasteiger partial charge in [-0.05, 0) is 50.0 Å². The molecular weight excluding hydrogens is 340 g/mol. The molecule has 0 bridgehead atoms. The first-order valence-electron chi connectivity index (χ1n) is 9.13. The van der Waals surface area contributed by atoms with E-state index in [1.807, 2.05) is 31.2 Å². The summed E-state index contributed by atoms with van der Waals surface area (Å²) in [6, 6.07) is 0. The van der Waals surface area contributed by atoms with Crippen molar-refractivity contribution in [2.75, 3.05) is 7.11 Å². The summed E-state index contributed by atoms with van der Waals surface area (Å²) in [7, 11) is 1.36. The number of rotatable bonds is 10. The van der Waals surface area contributed by atoms with Gasteiger partial charge in [-0.3, -0.25) is 4.79 Å². The molecule has 2 atom stereocenters. The van der Waals surface area contributed by atoms with Crippen LogP contribution in [-0.2, 0) is 9.53 Å². The number of hydrogen-bond donors (Lipinski definition) is 2. The number of aliphatic hydroxyl groups excluding tert-OH is 2. The fourth-order valence-corrected chi connectivity index (χ4v) is 1.80. The maximum absolute atomic E-state index is 10.9. The first-order chi connectivity index (χ1) is 13.1. The van der Waals surface area contributed by atoms with E-state index < -0.39 is 12.2 Å². The van der Waals surface area contributed by atoms with Crippen LogP contribution in [0.4, 0.5) is 0 Å². The van der Waals surface area contributed by atoms with Crippen molar-refractivity contribution in [3.63, 3.8) is 0 Å². The van der Waals surface area contributed by atoms with E-state index in [1.165, 1.54) is 7.11 Å². The van der Waals surface area contributed by atoms with Gasteiger partial charge in [-0.25, -0.2) is 0 Å². The van der Waals surface area contributed by atoms with Crippen molar-refractivity contribution in [1.82, 2.24) is 0 Å². The van der Waals surface area contributed by atoms with E-state index in [4.69, 9.17) is 0 Å². The molecule has 146 valence electrons. The highest BCUT2D eigenvalue weighted by molar-refractivity contribution is 5.69. The molecule has 0 aromatic heterocycles. The van der Waals surface area contributed by atoms with Crippen LogP contribution in [0.3, 0.4) is 0 Å². The molecule has 27 heavy (non-hydrogen) atoms. The Morgan fingerprint density at radius 2 is 1.52 bits per heavy atom. The van der Waals surface area contributed by atoms with Gasteiger partial charge in [0.2, 0.25) is 0 Å². The molecule has 0 aliphatic rings. The molecule has 0 rings (SSSR count). The van der Waals surface area contributed by atoms with Gasteiger partial charge in [-0.1, -0.05) is 54.9 Å². The second kappa shape index (κ2) is 18.3. The molecule has 0 saturated carbocycles. The lowest BCUT2D eigenvalue weighted by Crippen LogP contribution is -2.00. The van der Waals surface area contributed by atoms with Crippen molar-refractivity contribution in [2.45, 2.75) is 57.7 Å². The molecule has 4 nitrogen and oxygen atoms in total. The molecule has 0 spiro atoms. The molecule has 0 aliphatic carbocycles. The van der Waals surface area contributed by atoms with Crippen molar-refractivity contribution < 1.29 is 19.7 Å². The van der Waals surface area contributed by atoms with Gasteiger partial charge in [-0.15, -0.1) is 0 Å². The number of esters is 1. The summed E-state index contributed by atoms with van der Waals surface area (Å²) in [5, 5.41) is 19.4. The van der Waals surface area contributed by atoms with Crippen LogP contribution in [0.15, 0.2) is 48.6 Å². The van der Waals surface area contributed by atoms with Crippen LogP contribution >= 0.6 is 0 Å². The highest BCUT2D eigenvalue weighted by Gasteiger charge is 1.97. The summed E-state index contributed by atoms with van der Waals surface area (Å²) >= 11 is 0. The third kappa shape index (κ3) is 18.1. The minimum Gasteiger partial charge on any atom is -0.469 e. The summed E-state index contributed by atoms with van der Waals surface area (Å²) in [5.41, 5.74) is 0. The molecule has 0 radical (unpaired) electrons. The number of methoxy groups -OCH3 is 1. The smallest absolute Gasteiger partial charge is 0.305 e. The van der Waals surface area contributed by atoms with E-state index in [1.54, 1.807) is 24.3 Å². The Bertz CT molecular complexity index is 633. The fourth-order valence-electron chi connectivity index (χ4n) is 1.80. The molecular formula is C23H30O4. The number of allylic oxidation sites excluding steroid dienone is 4. The average Bonchev–Trinajstić information content (AvgIpc) is 2.66. The van der Waals surface area contributed by atoms with E-state index in [-0.39, 0.29) is 5.97 Å². The van der Waals surface area contributed by atoms with Crippen LogP contribution in [0.5, 0.6) is 0 Å². The molecule has 2 N–H and O–H groups in total. The van der Waals surface area contributed by atoms with Crippen molar-refractivity contribution in [3.05, 3.63) is 48.6 Å². The summed E-state index contributed by atoms with van der Waals surface area (Å²) in [4.78, 5) is 10.9. The normalized spacial score (nSPS) is 13.5. The summed E-state index contributed by atoms with van der Waals surface area (Å²) in [6.07, 6.45) is 16.5. The highest BCUT2D eigenvalue weighted by Crippen LogP contribution is 1.99. The van der Waals surface area contributed by atoms with Gasteiger partial charge >= 0.3 is 5.97 Å². The van der Waals surface area contributed by atoms with Gasteiger partial charge in [0.1, 0.15) is 0 Å². The Hall–Kier alpha value is -2.53. The monoisotopic (exact) mass is 370 g/mol. The van der Waals surface area contributed by atoms with E-state index in [0.717, 1.165) is 6.42 Å². The molecule has 0 heterocycles. The number of ether oxygens (including phenoxy) is 1. The van der Waals surface area contributed by atoms with E-state index in [9.17, 15) is 15.0 Å². The van der Waals surface area contributed by atoms with E-state index >= 15 is 0 Å². The SMILES string of the molecule is CC/C=C/CC(O)/C=C/C#CCC#C/C=C/C(O)C/C=C/CCC(=O)OC. The largest absolute Gasteiger partial charge is 0.469 e. The first kappa shape index (κ1) is 24.5. The number of carbonyl (C=O) groups excluding carboxylic acids is 1. The quantitative estimate of drug-likeness (QED) is 0.351. The van der Waals surface area contributed by atoms with Gasteiger partial charge in [0.05, 0.1) is 25.7 Å². The summed E-state index contributed by atoms with van der Waals surface area (Å²) in [6.45, 7) is 2.05. The molecule has 4 heteroatoms. The predicted octanol–water partition coefficient (Wildman–Crippen LogP) is 3.47. The minimum atomic E-state index is -0.606. The van der Waals surface area contributed by atoms with Gasteiger partial charge in [0.15, 0.2) is 0 Å². The van der Waals surface area contributed by atoms with Crippen LogP contribution in [0.2, 0.25) is 0 Å². The maximum Gasteiger partial charge on any atom is 0.305 e. The van der Waals surface area contributed by atoms with Crippen LogP contribution in [0.25, 0.3) is 0 Å². The second-order valence-electron chi connectivity index (χ2n) is 5.61. The Morgan fingerprint density at radius 3 is 2.04 bits per heavy atom. The molecule has 0 amide bonds. The molecule has 0 saturated heterocycles. The summed E-state index contributed by atoms with van der Waals surface area (Å²) < 4.78 is 4.54. The minimum absolute atomic E-state index is 0.241. The zero-order valence-electron chi connectivity index (χ0n) is 16.2. The number of hydrogen-bond acceptors (Lipinski definition) is 4. The fraction of sp³-hybridized carbons (Fsp3) is 0.435. The number of aliphatic hydroxyl groups is 2. The third-order valence-corrected chi connectivity index (χ3v) is 3.25. The Morgan fingerprint density at radius 1 is 0.963 bits per heavy atom. The maximum atomic E-state index is 10.9. The molecule has 0 aliphatic heterocycles. The predicted molar refractivity (Wildman–Crippen MR) is 110 cm³/mol. The molecule has 0 fully saturated rings. The zero-order valence-corrected chi connectivity index (χ0v) is 16.2. The van der Waals surface area contributed by atoms with Gasteiger partial charge in [0.25, 0.3) is 0 Å².